The molecule has 92 valence electrons. The van der Waals surface area contributed by atoms with Crippen LogP contribution in [0.3, 0.4) is 0 Å². The molecule has 1 heterocycles. The van der Waals surface area contributed by atoms with Crippen LogP contribution in [0.2, 0.25) is 0 Å². The van der Waals surface area contributed by atoms with Gasteiger partial charge in [-0.2, -0.15) is 4.98 Å². The number of aromatic nitrogens is 2. The second kappa shape index (κ2) is 5.93. The summed E-state index contributed by atoms with van der Waals surface area (Å²) in [5.41, 5.74) is 5.51. The SMILES string of the molecule is COC(CN)c1nc(C(OC)C(C)C)no1. The molecule has 0 fully saturated rings. The zero-order valence-electron chi connectivity index (χ0n) is 10.1. The van der Waals surface area contributed by atoms with Gasteiger partial charge in [0.05, 0.1) is 0 Å². The van der Waals surface area contributed by atoms with E-state index >= 15 is 0 Å². The predicted octanol–water partition coefficient (Wildman–Crippen LogP) is 1.06. The molecule has 0 aliphatic carbocycles. The number of methoxy groups -OCH3 is 2. The lowest BCUT2D eigenvalue weighted by Gasteiger charge is -2.14. The molecular formula is C10H19N3O3. The van der Waals surface area contributed by atoms with Gasteiger partial charge in [-0.25, -0.2) is 0 Å². The van der Waals surface area contributed by atoms with Crippen LogP contribution < -0.4 is 5.73 Å². The van der Waals surface area contributed by atoms with Crippen LogP contribution in [0.1, 0.15) is 37.8 Å². The van der Waals surface area contributed by atoms with E-state index in [0.29, 0.717) is 18.3 Å². The van der Waals surface area contributed by atoms with Crippen molar-refractivity contribution in [3.8, 4) is 0 Å². The van der Waals surface area contributed by atoms with E-state index in [1.807, 2.05) is 13.8 Å². The molecular weight excluding hydrogens is 210 g/mol. The quantitative estimate of drug-likeness (QED) is 0.785. The molecule has 0 saturated heterocycles. The maximum atomic E-state index is 5.51. The Labute approximate surface area is 95.1 Å². The Kier molecular flexibility index (Phi) is 4.85. The van der Waals surface area contributed by atoms with Gasteiger partial charge in [-0.05, 0) is 5.92 Å². The maximum absolute atomic E-state index is 5.51. The normalized spacial score (nSPS) is 15.4. The number of hydrogen-bond donors (Lipinski definition) is 1. The molecule has 0 bridgehead atoms. The van der Waals surface area contributed by atoms with Crippen molar-refractivity contribution in [2.75, 3.05) is 20.8 Å². The van der Waals surface area contributed by atoms with E-state index in [0.717, 1.165) is 0 Å². The van der Waals surface area contributed by atoms with E-state index in [1.54, 1.807) is 14.2 Å². The van der Waals surface area contributed by atoms with E-state index in [9.17, 15) is 0 Å². The zero-order chi connectivity index (χ0) is 12.1. The summed E-state index contributed by atoms with van der Waals surface area (Å²) in [5.74, 6) is 1.19. The Balaban J connectivity index is 2.84. The molecule has 0 spiro atoms. The lowest BCUT2D eigenvalue weighted by Crippen LogP contribution is -2.15. The molecule has 2 unspecified atom stereocenters. The van der Waals surface area contributed by atoms with Crippen molar-refractivity contribution in [1.29, 1.82) is 0 Å². The van der Waals surface area contributed by atoms with Crippen LogP contribution in [-0.4, -0.2) is 30.9 Å². The zero-order valence-corrected chi connectivity index (χ0v) is 10.1. The summed E-state index contributed by atoms with van der Waals surface area (Å²) >= 11 is 0. The second-order valence-electron chi connectivity index (χ2n) is 3.85. The highest BCUT2D eigenvalue weighted by molar-refractivity contribution is 4.95. The fourth-order valence-electron chi connectivity index (χ4n) is 1.47. The fourth-order valence-corrected chi connectivity index (χ4v) is 1.47. The van der Waals surface area contributed by atoms with Gasteiger partial charge < -0.3 is 19.7 Å². The molecule has 2 atom stereocenters. The Morgan fingerprint density at radius 1 is 1.31 bits per heavy atom. The lowest BCUT2D eigenvalue weighted by atomic mass is 10.1. The smallest absolute Gasteiger partial charge is 0.257 e. The number of ether oxygens (including phenoxy) is 2. The monoisotopic (exact) mass is 229 g/mol. The fraction of sp³-hybridized carbons (Fsp3) is 0.800. The van der Waals surface area contributed by atoms with Gasteiger partial charge in [-0.15, -0.1) is 0 Å². The first-order valence-electron chi connectivity index (χ1n) is 5.23. The molecule has 0 amide bonds. The number of nitrogens with zero attached hydrogens (tertiary/aromatic N) is 2. The third-order valence-corrected chi connectivity index (χ3v) is 2.35. The molecule has 6 heteroatoms. The minimum absolute atomic E-state index is 0.173. The summed E-state index contributed by atoms with van der Waals surface area (Å²) in [7, 11) is 3.18. The molecule has 6 nitrogen and oxygen atoms in total. The van der Waals surface area contributed by atoms with Gasteiger partial charge in [0.2, 0.25) is 5.82 Å². The lowest BCUT2D eigenvalue weighted by molar-refractivity contribution is 0.0554. The minimum atomic E-state index is -0.356. The topological polar surface area (TPSA) is 83.4 Å². The van der Waals surface area contributed by atoms with Crippen LogP contribution in [0.5, 0.6) is 0 Å². The molecule has 2 N–H and O–H groups in total. The molecule has 16 heavy (non-hydrogen) atoms. The Morgan fingerprint density at radius 2 is 2.00 bits per heavy atom. The highest BCUT2D eigenvalue weighted by atomic mass is 16.5. The second-order valence-corrected chi connectivity index (χ2v) is 3.85. The van der Waals surface area contributed by atoms with Crippen LogP contribution in [0.15, 0.2) is 4.52 Å². The van der Waals surface area contributed by atoms with Gasteiger partial charge >= 0.3 is 0 Å². The highest BCUT2D eigenvalue weighted by Gasteiger charge is 2.24. The van der Waals surface area contributed by atoms with Crippen molar-refractivity contribution in [2.24, 2.45) is 11.7 Å². The van der Waals surface area contributed by atoms with E-state index in [2.05, 4.69) is 10.1 Å². The minimum Gasteiger partial charge on any atom is -0.373 e. The summed E-state index contributed by atoms with van der Waals surface area (Å²) in [6.07, 6.45) is -0.529. The molecule has 1 aromatic heterocycles. The average molecular weight is 229 g/mol. The highest BCUT2D eigenvalue weighted by Crippen LogP contribution is 2.24. The summed E-state index contributed by atoms with van der Waals surface area (Å²) in [6, 6.07) is 0. The molecule has 0 aliphatic heterocycles. The van der Waals surface area contributed by atoms with E-state index < -0.39 is 0 Å². The number of hydrogen-bond acceptors (Lipinski definition) is 6. The Morgan fingerprint density at radius 3 is 2.44 bits per heavy atom. The van der Waals surface area contributed by atoms with Gasteiger partial charge in [-0.3, -0.25) is 0 Å². The average Bonchev–Trinajstić information content (AvgIpc) is 2.70. The number of rotatable bonds is 6. The number of nitrogens with two attached hydrogens (primary N) is 1. The van der Waals surface area contributed by atoms with Gasteiger partial charge in [-0.1, -0.05) is 19.0 Å². The Hall–Kier alpha value is -0.980. The molecule has 0 aliphatic rings. The first kappa shape index (κ1) is 13.1. The van der Waals surface area contributed by atoms with Crippen molar-refractivity contribution in [1.82, 2.24) is 10.1 Å². The third kappa shape index (κ3) is 2.78. The first-order chi connectivity index (χ1) is 7.63. The van der Waals surface area contributed by atoms with Crippen LogP contribution in [0.4, 0.5) is 0 Å². The van der Waals surface area contributed by atoms with Crippen molar-refractivity contribution in [3.05, 3.63) is 11.7 Å². The van der Waals surface area contributed by atoms with Gasteiger partial charge in [0.25, 0.3) is 5.89 Å². The van der Waals surface area contributed by atoms with E-state index in [-0.39, 0.29) is 18.1 Å². The van der Waals surface area contributed by atoms with Crippen LogP contribution >= 0.6 is 0 Å². The van der Waals surface area contributed by atoms with Crippen molar-refractivity contribution >= 4 is 0 Å². The Bertz CT molecular complexity index is 310. The van der Waals surface area contributed by atoms with Crippen LogP contribution in [0.25, 0.3) is 0 Å². The molecule has 1 aromatic rings. The summed E-state index contributed by atoms with van der Waals surface area (Å²) in [5, 5.41) is 3.88. The van der Waals surface area contributed by atoms with E-state index in [4.69, 9.17) is 19.7 Å². The molecule has 0 saturated carbocycles. The summed E-state index contributed by atoms with van der Waals surface area (Å²) < 4.78 is 15.5. The van der Waals surface area contributed by atoms with Crippen LogP contribution in [0, 0.1) is 5.92 Å². The van der Waals surface area contributed by atoms with Crippen molar-refractivity contribution in [3.63, 3.8) is 0 Å². The van der Waals surface area contributed by atoms with Gasteiger partial charge in [0.1, 0.15) is 12.2 Å². The molecule has 1 rings (SSSR count). The molecule has 0 aromatic carbocycles. The first-order valence-corrected chi connectivity index (χ1v) is 5.23. The summed E-state index contributed by atoms with van der Waals surface area (Å²) in [4.78, 5) is 4.24. The maximum Gasteiger partial charge on any atom is 0.257 e. The standard InChI is InChI=1S/C10H19N3O3/c1-6(2)8(15-4)9-12-10(16-13-9)7(5-11)14-3/h6-8H,5,11H2,1-4H3. The van der Waals surface area contributed by atoms with Gasteiger partial charge in [0.15, 0.2) is 0 Å². The summed E-state index contributed by atoms with van der Waals surface area (Å²) in [6.45, 7) is 4.36. The largest absolute Gasteiger partial charge is 0.373 e. The predicted molar refractivity (Wildman–Crippen MR) is 57.7 cm³/mol. The molecule has 0 radical (unpaired) electrons. The van der Waals surface area contributed by atoms with Crippen molar-refractivity contribution < 1.29 is 14.0 Å². The van der Waals surface area contributed by atoms with Crippen LogP contribution in [-0.2, 0) is 9.47 Å². The van der Waals surface area contributed by atoms with Gasteiger partial charge in [0, 0.05) is 20.8 Å². The third-order valence-electron chi connectivity index (χ3n) is 2.35. The van der Waals surface area contributed by atoms with Crippen molar-refractivity contribution in [2.45, 2.75) is 26.1 Å². The van der Waals surface area contributed by atoms with E-state index in [1.165, 1.54) is 0 Å².